The van der Waals surface area contributed by atoms with Crippen molar-refractivity contribution in [1.82, 2.24) is 9.88 Å². The molecule has 1 atom stereocenters. The zero-order valence-electron chi connectivity index (χ0n) is 14.8. The van der Waals surface area contributed by atoms with Crippen molar-refractivity contribution >= 4 is 29.0 Å². The Morgan fingerprint density at radius 3 is 2.85 bits per heavy atom. The van der Waals surface area contributed by atoms with E-state index in [-0.39, 0.29) is 17.7 Å². The van der Waals surface area contributed by atoms with Gasteiger partial charge in [-0.2, -0.15) is 0 Å². The minimum atomic E-state index is -0.240. The van der Waals surface area contributed by atoms with Gasteiger partial charge in [-0.05, 0) is 37.2 Å². The predicted octanol–water partition coefficient (Wildman–Crippen LogP) is 2.82. The number of nitrogens with zero attached hydrogens (tertiary/aromatic N) is 3. The Kier molecular flexibility index (Phi) is 4.05. The molecule has 4 rings (SSSR count). The maximum atomic E-state index is 13.5. The number of carbonyl (C=O) groups excluding carboxylic acids is 2. The van der Waals surface area contributed by atoms with Gasteiger partial charge in [0.15, 0.2) is 5.82 Å². The van der Waals surface area contributed by atoms with Crippen molar-refractivity contribution in [3.8, 4) is 0 Å². The van der Waals surface area contributed by atoms with Gasteiger partial charge in [0.05, 0.1) is 16.9 Å². The molecule has 1 aromatic heterocycles. The number of para-hydroxylation sites is 1. The first-order chi connectivity index (χ1) is 12.6. The summed E-state index contributed by atoms with van der Waals surface area (Å²) in [5.74, 6) is 0.181. The van der Waals surface area contributed by atoms with Crippen LogP contribution < -0.4 is 10.2 Å². The minimum Gasteiger partial charge on any atom is -0.319 e. The Morgan fingerprint density at radius 2 is 2.04 bits per heavy atom. The third-order valence-electron chi connectivity index (χ3n) is 4.83. The van der Waals surface area contributed by atoms with Crippen molar-refractivity contribution in [2.75, 3.05) is 30.4 Å². The minimum absolute atomic E-state index is 0.104. The first kappa shape index (κ1) is 16.5. The van der Waals surface area contributed by atoms with E-state index in [0.29, 0.717) is 22.8 Å². The van der Waals surface area contributed by atoms with Crippen LogP contribution >= 0.6 is 0 Å². The second-order valence-electron chi connectivity index (χ2n) is 6.77. The third-order valence-corrected chi connectivity index (χ3v) is 4.83. The lowest BCUT2D eigenvalue weighted by Crippen LogP contribution is -2.37. The first-order valence-electron chi connectivity index (χ1n) is 8.64. The van der Waals surface area contributed by atoms with Crippen molar-refractivity contribution < 1.29 is 9.59 Å². The normalized spacial score (nSPS) is 19.8. The molecule has 2 amide bonds. The fraction of sp³-hybridized carbons (Fsp3) is 0.250. The van der Waals surface area contributed by atoms with E-state index in [4.69, 9.17) is 0 Å². The Hall–Kier alpha value is -2.99. The molecular weight excluding hydrogens is 328 g/mol. The van der Waals surface area contributed by atoms with Gasteiger partial charge < -0.3 is 10.2 Å². The highest BCUT2D eigenvalue weighted by Gasteiger charge is 2.34. The SMILES string of the molecule is CC1CN(C)CC=C1C(=O)N1c2ccccc2C(=O)Nc2cccnc21. The molecule has 0 radical (unpaired) electrons. The molecule has 132 valence electrons. The van der Waals surface area contributed by atoms with Gasteiger partial charge in [0.25, 0.3) is 11.8 Å². The summed E-state index contributed by atoms with van der Waals surface area (Å²) in [5.41, 5.74) is 2.30. The summed E-state index contributed by atoms with van der Waals surface area (Å²) < 4.78 is 0. The number of fused-ring (bicyclic) bond motifs is 2. The van der Waals surface area contributed by atoms with Gasteiger partial charge in [-0.15, -0.1) is 0 Å². The molecule has 0 spiro atoms. The van der Waals surface area contributed by atoms with Crippen LogP contribution in [0.3, 0.4) is 0 Å². The van der Waals surface area contributed by atoms with Crippen LogP contribution in [0.2, 0.25) is 0 Å². The molecule has 1 N–H and O–H groups in total. The Bertz CT molecular complexity index is 922. The van der Waals surface area contributed by atoms with Gasteiger partial charge in [-0.25, -0.2) is 4.98 Å². The van der Waals surface area contributed by atoms with Gasteiger partial charge in [-0.3, -0.25) is 14.5 Å². The van der Waals surface area contributed by atoms with E-state index >= 15 is 0 Å². The van der Waals surface area contributed by atoms with Crippen molar-refractivity contribution in [1.29, 1.82) is 0 Å². The maximum absolute atomic E-state index is 13.5. The maximum Gasteiger partial charge on any atom is 0.260 e. The molecule has 0 saturated heterocycles. The van der Waals surface area contributed by atoms with E-state index in [1.54, 1.807) is 41.4 Å². The average molecular weight is 348 g/mol. The topological polar surface area (TPSA) is 65.5 Å². The van der Waals surface area contributed by atoms with E-state index in [1.807, 2.05) is 26.1 Å². The lowest BCUT2D eigenvalue weighted by molar-refractivity contribution is -0.115. The van der Waals surface area contributed by atoms with Gasteiger partial charge in [-0.1, -0.05) is 25.1 Å². The average Bonchev–Trinajstić information content (AvgIpc) is 2.75. The lowest BCUT2D eigenvalue weighted by atomic mass is 9.95. The number of benzene rings is 1. The van der Waals surface area contributed by atoms with Crippen molar-refractivity contribution in [2.45, 2.75) is 6.92 Å². The number of nitrogens with one attached hydrogen (secondary N) is 1. The summed E-state index contributed by atoms with van der Waals surface area (Å²) in [4.78, 5) is 34.3. The summed E-state index contributed by atoms with van der Waals surface area (Å²) in [5, 5.41) is 2.86. The van der Waals surface area contributed by atoms with E-state index in [0.717, 1.165) is 18.7 Å². The van der Waals surface area contributed by atoms with Gasteiger partial charge in [0.1, 0.15) is 0 Å². The Morgan fingerprint density at radius 1 is 1.23 bits per heavy atom. The van der Waals surface area contributed by atoms with Crippen LogP contribution in [0, 0.1) is 5.92 Å². The summed E-state index contributed by atoms with van der Waals surface area (Å²) in [6.45, 7) is 3.60. The number of likely N-dealkylation sites (N-methyl/N-ethyl adjacent to an activating group) is 1. The molecule has 0 aliphatic carbocycles. The van der Waals surface area contributed by atoms with Crippen molar-refractivity contribution in [3.63, 3.8) is 0 Å². The number of carbonyl (C=O) groups is 2. The third kappa shape index (κ3) is 2.68. The predicted molar refractivity (Wildman–Crippen MR) is 101 cm³/mol. The van der Waals surface area contributed by atoms with Crippen LogP contribution in [0.1, 0.15) is 17.3 Å². The standard InChI is InChI=1S/C20H20N4O2/c1-13-12-23(2)11-9-14(13)20(26)24-17-8-4-3-6-15(17)19(25)22-16-7-5-10-21-18(16)24/h3-10,13H,11-12H2,1-2H3,(H,22,25). The van der Waals surface area contributed by atoms with Crippen LogP contribution in [0.5, 0.6) is 0 Å². The highest BCUT2D eigenvalue weighted by Crippen LogP contribution is 2.38. The highest BCUT2D eigenvalue weighted by atomic mass is 16.2. The van der Waals surface area contributed by atoms with Crippen LogP contribution in [0.25, 0.3) is 0 Å². The van der Waals surface area contributed by atoms with E-state index < -0.39 is 0 Å². The van der Waals surface area contributed by atoms with Gasteiger partial charge >= 0.3 is 0 Å². The largest absolute Gasteiger partial charge is 0.319 e. The van der Waals surface area contributed by atoms with Gasteiger partial charge in [0, 0.05) is 24.9 Å². The monoisotopic (exact) mass is 348 g/mol. The van der Waals surface area contributed by atoms with Crippen LogP contribution in [-0.4, -0.2) is 41.8 Å². The molecule has 0 saturated carbocycles. The molecule has 2 aromatic rings. The van der Waals surface area contributed by atoms with Crippen molar-refractivity contribution in [3.05, 3.63) is 59.8 Å². The van der Waals surface area contributed by atoms with E-state index in [9.17, 15) is 9.59 Å². The molecule has 26 heavy (non-hydrogen) atoms. The van der Waals surface area contributed by atoms with Crippen LogP contribution in [0.15, 0.2) is 54.2 Å². The molecule has 1 aromatic carbocycles. The number of rotatable bonds is 1. The molecule has 1 unspecified atom stereocenters. The lowest BCUT2D eigenvalue weighted by Gasteiger charge is -2.31. The molecule has 2 aliphatic heterocycles. The second-order valence-corrected chi connectivity index (χ2v) is 6.77. The number of hydrogen-bond donors (Lipinski definition) is 1. The summed E-state index contributed by atoms with van der Waals surface area (Å²) in [7, 11) is 2.04. The highest BCUT2D eigenvalue weighted by molar-refractivity contribution is 6.20. The van der Waals surface area contributed by atoms with E-state index in [1.165, 1.54) is 0 Å². The van der Waals surface area contributed by atoms with Crippen LogP contribution in [0.4, 0.5) is 17.2 Å². The number of pyridine rings is 1. The summed E-state index contributed by atoms with van der Waals surface area (Å²) >= 11 is 0. The molecule has 0 fully saturated rings. The first-order valence-corrected chi connectivity index (χ1v) is 8.64. The molecule has 6 nitrogen and oxygen atoms in total. The molecular formula is C20H20N4O2. The summed E-state index contributed by atoms with van der Waals surface area (Å²) in [6.07, 6.45) is 3.60. The molecule has 2 aliphatic rings. The fourth-order valence-electron chi connectivity index (χ4n) is 3.57. The number of amides is 2. The zero-order valence-corrected chi connectivity index (χ0v) is 14.8. The zero-order chi connectivity index (χ0) is 18.3. The smallest absolute Gasteiger partial charge is 0.260 e. The van der Waals surface area contributed by atoms with Gasteiger partial charge in [0.2, 0.25) is 0 Å². The van der Waals surface area contributed by atoms with E-state index in [2.05, 4.69) is 15.2 Å². The second kappa shape index (κ2) is 6.38. The Labute approximate surface area is 152 Å². The summed E-state index contributed by atoms with van der Waals surface area (Å²) in [6, 6.07) is 10.6. The van der Waals surface area contributed by atoms with Crippen molar-refractivity contribution in [2.24, 2.45) is 5.92 Å². The number of aromatic nitrogens is 1. The van der Waals surface area contributed by atoms with Crippen LogP contribution in [-0.2, 0) is 4.79 Å². The number of hydrogen-bond acceptors (Lipinski definition) is 4. The molecule has 0 bridgehead atoms. The fourth-order valence-corrected chi connectivity index (χ4v) is 3.57. The number of anilines is 3. The Balaban J connectivity index is 1.88. The quantitative estimate of drug-likeness (QED) is 0.861. The molecule has 3 heterocycles. The molecule has 6 heteroatoms.